The Morgan fingerprint density at radius 1 is 1.19 bits per heavy atom. The quantitative estimate of drug-likeness (QED) is 0.703. The molecule has 1 aromatic rings. The van der Waals surface area contributed by atoms with E-state index in [0.717, 1.165) is 5.56 Å². The second-order valence-electron chi connectivity index (χ2n) is 6.70. The molecule has 7 nitrogen and oxygen atoms in total. The second kappa shape index (κ2) is 8.90. The lowest BCUT2D eigenvalue weighted by atomic mass is 10.1. The summed E-state index contributed by atoms with van der Waals surface area (Å²) in [4.78, 5) is 16.6. The molecule has 1 aromatic carbocycles. The molecule has 9 heteroatoms. The standard InChI is InChI=1S/C17H27FN4O3S/c1-13(15-3-5-16(18)6-4-15)20-17(23)14(2)22-9-7-21(8-10-22)11-12-26(19,24)25/h3-6,13-14H,7-12H2,1-2H3,(H,20,23)(H2,19,24,25)/t13-,14+/m0/s1. The highest BCUT2D eigenvalue weighted by Crippen LogP contribution is 2.14. The molecule has 2 atom stereocenters. The van der Waals surface area contributed by atoms with E-state index in [9.17, 15) is 17.6 Å². The van der Waals surface area contributed by atoms with Gasteiger partial charge in [-0.2, -0.15) is 0 Å². The first kappa shape index (κ1) is 20.8. The van der Waals surface area contributed by atoms with Crippen LogP contribution < -0.4 is 10.5 Å². The number of hydrogen-bond acceptors (Lipinski definition) is 5. The lowest BCUT2D eigenvalue weighted by molar-refractivity contribution is -0.127. The highest BCUT2D eigenvalue weighted by molar-refractivity contribution is 7.89. The topological polar surface area (TPSA) is 95.7 Å². The third kappa shape index (κ3) is 6.31. The highest BCUT2D eigenvalue weighted by Gasteiger charge is 2.26. The number of nitrogens with two attached hydrogens (primary N) is 1. The predicted octanol–water partition coefficient (Wildman–Crippen LogP) is 0.298. The number of sulfonamides is 1. The molecule has 3 N–H and O–H groups in total. The van der Waals surface area contributed by atoms with E-state index in [-0.39, 0.29) is 29.6 Å². The minimum atomic E-state index is -3.45. The Hall–Kier alpha value is -1.55. The minimum absolute atomic E-state index is 0.0573. The number of halogens is 1. The highest BCUT2D eigenvalue weighted by atomic mass is 32.2. The summed E-state index contributed by atoms with van der Waals surface area (Å²) in [6.45, 7) is 6.89. The van der Waals surface area contributed by atoms with Crippen LogP contribution in [0.5, 0.6) is 0 Å². The first-order valence-corrected chi connectivity index (χ1v) is 10.4. The van der Waals surface area contributed by atoms with E-state index in [0.29, 0.717) is 32.7 Å². The van der Waals surface area contributed by atoms with Gasteiger partial charge in [0.2, 0.25) is 15.9 Å². The number of carbonyl (C=O) groups excluding carboxylic acids is 1. The molecule has 0 saturated carbocycles. The van der Waals surface area contributed by atoms with Crippen molar-refractivity contribution >= 4 is 15.9 Å². The van der Waals surface area contributed by atoms with Crippen molar-refractivity contribution in [1.82, 2.24) is 15.1 Å². The van der Waals surface area contributed by atoms with Gasteiger partial charge in [0.1, 0.15) is 5.82 Å². The minimum Gasteiger partial charge on any atom is -0.348 e. The second-order valence-corrected chi connectivity index (χ2v) is 8.44. The van der Waals surface area contributed by atoms with E-state index in [2.05, 4.69) is 10.2 Å². The third-order valence-corrected chi connectivity index (χ3v) is 5.51. The van der Waals surface area contributed by atoms with Crippen LogP contribution in [0.3, 0.4) is 0 Å². The Bertz CT molecular complexity index is 703. The maximum atomic E-state index is 13.0. The lowest BCUT2D eigenvalue weighted by Gasteiger charge is -2.37. The molecular formula is C17H27FN4O3S. The van der Waals surface area contributed by atoms with Gasteiger partial charge in [-0.3, -0.25) is 14.6 Å². The van der Waals surface area contributed by atoms with Gasteiger partial charge in [0.05, 0.1) is 17.8 Å². The molecule has 1 fully saturated rings. The number of rotatable bonds is 7. The number of amides is 1. The van der Waals surface area contributed by atoms with E-state index in [4.69, 9.17) is 5.14 Å². The number of carbonyl (C=O) groups is 1. The zero-order chi connectivity index (χ0) is 19.3. The van der Waals surface area contributed by atoms with Crippen molar-refractivity contribution < 1.29 is 17.6 Å². The number of benzene rings is 1. The number of hydrogen-bond donors (Lipinski definition) is 2. The molecule has 0 unspecified atom stereocenters. The Morgan fingerprint density at radius 2 is 1.77 bits per heavy atom. The van der Waals surface area contributed by atoms with Crippen LogP contribution in [0.2, 0.25) is 0 Å². The molecule has 1 aliphatic rings. The van der Waals surface area contributed by atoms with Gasteiger partial charge >= 0.3 is 0 Å². The molecule has 0 spiro atoms. The molecular weight excluding hydrogens is 359 g/mol. The van der Waals surface area contributed by atoms with Crippen LogP contribution in [0, 0.1) is 5.82 Å². The average Bonchev–Trinajstić information content (AvgIpc) is 2.59. The van der Waals surface area contributed by atoms with Crippen molar-refractivity contribution in [3.63, 3.8) is 0 Å². The van der Waals surface area contributed by atoms with Gasteiger partial charge < -0.3 is 5.32 Å². The Morgan fingerprint density at radius 3 is 2.31 bits per heavy atom. The summed E-state index contributed by atoms with van der Waals surface area (Å²) in [6.07, 6.45) is 0. The zero-order valence-corrected chi connectivity index (χ0v) is 16.0. The first-order chi connectivity index (χ1) is 12.2. The van der Waals surface area contributed by atoms with Crippen LogP contribution in [-0.4, -0.2) is 68.6 Å². The zero-order valence-electron chi connectivity index (χ0n) is 15.2. The third-order valence-electron chi connectivity index (χ3n) is 4.75. The molecule has 1 amide bonds. The van der Waals surface area contributed by atoms with Gasteiger partial charge in [0.25, 0.3) is 0 Å². The average molecular weight is 386 g/mol. The molecule has 26 heavy (non-hydrogen) atoms. The SMILES string of the molecule is C[C@H](NC(=O)[C@@H](C)N1CCN(CCS(N)(=O)=O)CC1)c1ccc(F)cc1. The van der Waals surface area contributed by atoms with E-state index < -0.39 is 10.0 Å². The van der Waals surface area contributed by atoms with Crippen LogP contribution in [0.15, 0.2) is 24.3 Å². The summed E-state index contributed by atoms with van der Waals surface area (Å²) in [5.74, 6) is -0.446. The summed E-state index contributed by atoms with van der Waals surface area (Å²) in [5, 5.41) is 7.99. The van der Waals surface area contributed by atoms with Gasteiger partial charge in [0.15, 0.2) is 0 Å². The van der Waals surface area contributed by atoms with Crippen molar-refractivity contribution in [3.05, 3.63) is 35.6 Å². The summed E-state index contributed by atoms with van der Waals surface area (Å²) < 4.78 is 35.1. The lowest BCUT2D eigenvalue weighted by Crippen LogP contribution is -2.54. The molecule has 0 radical (unpaired) electrons. The molecule has 146 valence electrons. The van der Waals surface area contributed by atoms with Crippen LogP contribution in [0.4, 0.5) is 4.39 Å². The Labute approximate surface area is 154 Å². The van der Waals surface area contributed by atoms with Gasteiger partial charge in [-0.15, -0.1) is 0 Å². The number of piperazine rings is 1. The fourth-order valence-electron chi connectivity index (χ4n) is 2.97. The van der Waals surface area contributed by atoms with E-state index in [1.807, 2.05) is 18.7 Å². The summed E-state index contributed by atoms with van der Waals surface area (Å²) >= 11 is 0. The van der Waals surface area contributed by atoms with Gasteiger partial charge in [-0.25, -0.2) is 17.9 Å². The number of nitrogens with one attached hydrogen (secondary N) is 1. The Balaban J connectivity index is 1.80. The molecule has 1 saturated heterocycles. The van der Waals surface area contributed by atoms with Crippen molar-refractivity contribution in [2.45, 2.75) is 25.9 Å². The molecule has 0 aliphatic carbocycles. The van der Waals surface area contributed by atoms with Crippen molar-refractivity contribution in [2.24, 2.45) is 5.14 Å². The molecule has 0 bridgehead atoms. The fraction of sp³-hybridized carbons (Fsp3) is 0.588. The normalized spacial score (nSPS) is 19.1. The maximum Gasteiger partial charge on any atom is 0.237 e. The van der Waals surface area contributed by atoms with E-state index in [1.165, 1.54) is 12.1 Å². The van der Waals surface area contributed by atoms with E-state index in [1.54, 1.807) is 12.1 Å². The van der Waals surface area contributed by atoms with Gasteiger partial charge in [-0.05, 0) is 31.5 Å². The first-order valence-electron chi connectivity index (χ1n) is 8.68. The van der Waals surface area contributed by atoms with Crippen LogP contribution in [0.25, 0.3) is 0 Å². The van der Waals surface area contributed by atoms with Gasteiger partial charge in [-0.1, -0.05) is 12.1 Å². The summed E-state index contributed by atoms with van der Waals surface area (Å²) in [5.41, 5.74) is 0.847. The molecule has 2 rings (SSSR count). The number of nitrogens with zero attached hydrogens (tertiary/aromatic N) is 2. The van der Waals surface area contributed by atoms with Crippen molar-refractivity contribution in [3.8, 4) is 0 Å². The number of primary sulfonamides is 1. The predicted molar refractivity (Wildman–Crippen MR) is 98.4 cm³/mol. The summed E-state index contributed by atoms with van der Waals surface area (Å²) in [6, 6.07) is 5.58. The van der Waals surface area contributed by atoms with Gasteiger partial charge in [0, 0.05) is 32.7 Å². The van der Waals surface area contributed by atoms with Crippen LogP contribution in [0.1, 0.15) is 25.5 Å². The molecule has 1 aliphatic heterocycles. The Kier molecular flexibility index (Phi) is 7.10. The molecule has 0 aromatic heterocycles. The van der Waals surface area contributed by atoms with Crippen LogP contribution >= 0.6 is 0 Å². The monoisotopic (exact) mass is 386 g/mol. The fourth-order valence-corrected chi connectivity index (χ4v) is 3.48. The molecule has 1 heterocycles. The summed E-state index contributed by atoms with van der Waals surface area (Å²) in [7, 11) is -3.45. The smallest absolute Gasteiger partial charge is 0.237 e. The van der Waals surface area contributed by atoms with Crippen molar-refractivity contribution in [2.75, 3.05) is 38.5 Å². The van der Waals surface area contributed by atoms with E-state index >= 15 is 0 Å². The van der Waals surface area contributed by atoms with Crippen molar-refractivity contribution in [1.29, 1.82) is 0 Å². The largest absolute Gasteiger partial charge is 0.348 e. The maximum absolute atomic E-state index is 13.0. The van der Waals surface area contributed by atoms with Crippen LogP contribution in [-0.2, 0) is 14.8 Å².